The van der Waals surface area contributed by atoms with Crippen molar-refractivity contribution in [1.82, 2.24) is 5.32 Å². The smallest absolute Gasteiger partial charge is 0.387 e. The van der Waals surface area contributed by atoms with Gasteiger partial charge in [-0.25, -0.2) is 0 Å². The first kappa shape index (κ1) is 17.7. The quantitative estimate of drug-likeness (QED) is 0.696. The van der Waals surface area contributed by atoms with Crippen LogP contribution >= 0.6 is 0 Å². The molecule has 1 atom stereocenters. The van der Waals surface area contributed by atoms with Crippen LogP contribution in [-0.2, 0) is 6.54 Å². The van der Waals surface area contributed by atoms with E-state index in [4.69, 9.17) is 4.74 Å². The molecular formula is C16H25F2NO2. The van der Waals surface area contributed by atoms with Gasteiger partial charge in [0.05, 0.1) is 6.61 Å². The third kappa shape index (κ3) is 6.76. The standard InChI is InChI=1S/C16H25F2NO2/c1-4-6-7-12(3)19-11-13-8-9-14(21-16(17)18)15(10-13)20-5-2/h8-10,12,16,19H,4-7,11H2,1-3H3. The van der Waals surface area contributed by atoms with Crippen molar-refractivity contribution >= 4 is 0 Å². The van der Waals surface area contributed by atoms with E-state index in [-0.39, 0.29) is 5.75 Å². The lowest BCUT2D eigenvalue weighted by Gasteiger charge is -2.15. The summed E-state index contributed by atoms with van der Waals surface area (Å²) in [7, 11) is 0. The fraction of sp³-hybridized carbons (Fsp3) is 0.625. The zero-order valence-electron chi connectivity index (χ0n) is 13.0. The average molecular weight is 301 g/mol. The van der Waals surface area contributed by atoms with Crippen molar-refractivity contribution in [1.29, 1.82) is 0 Å². The van der Waals surface area contributed by atoms with Crippen molar-refractivity contribution in [3.05, 3.63) is 23.8 Å². The number of nitrogens with one attached hydrogen (secondary N) is 1. The van der Waals surface area contributed by atoms with Crippen LogP contribution in [0.15, 0.2) is 18.2 Å². The molecule has 0 radical (unpaired) electrons. The molecule has 0 aliphatic carbocycles. The summed E-state index contributed by atoms with van der Waals surface area (Å²) in [6.45, 7) is 4.37. The molecule has 5 heteroatoms. The Labute approximate surface area is 125 Å². The SMILES string of the molecule is CCCCC(C)NCc1ccc(OC(F)F)c(OCC)c1. The van der Waals surface area contributed by atoms with Gasteiger partial charge in [0.1, 0.15) is 0 Å². The maximum absolute atomic E-state index is 12.3. The van der Waals surface area contributed by atoms with E-state index in [9.17, 15) is 8.78 Å². The van der Waals surface area contributed by atoms with Crippen molar-refractivity contribution in [2.45, 2.75) is 59.2 Å². The van der Waals surface area contributed by atoms with Crippen LogP contribution < -0.4 is 14.8 Å². The van der Waals surface area contributed by atoms with Gasteiger partial charge in [0.25, 0.3) is 0 Å². The van der Waals surface area contributed by atoms with Crippen molar-refractivity contribution in [3.63, 3.8) is 0 Å². The molecule has 3 nitrogen and oxygen atoms in total. The Morgan fingerprint density at radius 1 is 1.19 bits per heavy atom. The molecule has 0 spiro atoms. The van der Waals surface area contributed by atoms with E-state index < -0.39 is 6.61 Å². The molecule has 0 aliphatic rings. The van der Waals surface area contributed by atoms with Gasteiger partial charge in [0.2, 0.25) is 0 Å². The van der Waals surface area contributed by atoms with E-state index in [0.717, 1.165) is 12.0 Å². The highest BCUT2D eigenvalue weighted by Crippen LogP contribution is 2.29. The first-order valence-corrected chi connectivity index (χ1v) is 7.50. The first-order valence-electron chi connectivity index (χ1n) is 7.50. The van der Waals surface area contributed by atoms with E-state index >= 15 is 0 Å². The maximum Gasteiger partial charge on any atom is 0.387 e. The predicted molar refractivity (Wildman–Crippen MR) is 80.1 cm³/mol. The molecule has 0 aromatic heterocycles. The molecule has 1 unspecified atom stereocenters. The fourth-order valence-electron chi connectivity index (χ4n) is 2.03. The number of hydrogen-bond acceptors (Lipinski definition) is 3. The lowest BCUT2D eigenvalue weighted by atomic mass is 10.1. The van der Waals surface area contributed by atoms with Crippen LogP contribution in [0.4, 0.5) is 8.78 Å². The molecule has 1 aromatic carbocycles. The number of benzene rings is 1. The van der Waals surface area contributed by atoms with E-state index in [2.05, 4.69) is 23.9 Å². The minimum Gasteiger partial charge on any atom is -0.490 e. The first-order chi connectivity index (χ1) is 10.1. The maximum atomic E-state index is 12.3. The summed E-state index contributed by atoms with van der Waals surface area (Å²) in [4.78, 5) is 0. The lowest BCUT2D eigenvalue weighted by Crippen LogP contribution is -2.25. The highest BCUT2D eigenvalue weighted by molar-refractivity contribution is 5.43. The number of rotatable bonds is 10. The third-order valence-corrected chi connectivity index (χ3v) is 3.17. The molecule has 0 amide bonds. The largest absolute Gasteiger partial charge is 0.490 e. The summed E-state index contributed by atoms with van der Waals surface area (Å²) in [5.74, 6) is 0.438. The van der Waals surface area contributed by atoms with Crippen LogP contribution in [0, 0.1) is 0 Å². The Morgan fingerprint density at radius 2 is 1.95 bits per heavy atom. The molecule has 0 heterocycles. The second kappa shape index (κ2) is 9.55. The number of hydrogen-bond donors (Lipinski definition) is 1. The average Bonchev–Trinajstić information content (AvgIpc) is 2.45. The van der Waals surface area contributed by atoms with E-state index in [1.54, 1.807) is 12.1 Å². The summed E-state index contributed by atoms with van der Waals surface area (Å²) < 4.78 is 34.5. The zero-order chi connectivity index (χ0) is 15.7. The molecule has 21 heavy (non-hydrogen) atoms. The van der Waals surface area contributed by atoms with Crippen LogP contribution in [0.3, 0.4) is 0 Å². The molecule has 1 N–H and O–H groups in total. The minimum absolute atomic E-state index is 0.0784. The number of alkyl halides is 2. The lowest BCUT2D eigenvalue weighted by molar-refractivity contribution is -0.0514. The summed E-state index contributed by atoms with van der Waals surface area (Å²) in [5, 5.41) is 3.42. The molecule has 120 valence electrons. The Bertz CT molecular complexity index is 413. The highest BCUT2D eigenvalue weighted by Gasteiger charge is 2.11. The number of ether oxygens (including phenoxy) is 2. The molecule has 0 fully saturated rings. The second-order valence-corrected chi connectivity index (χ2v) is 5.02. The Morgan fingerprint density at radius 3 is 2.57 bits per heavy atom. The molecule has 1 rings (SSSR count). The summed E-state index contributed by atoms with van der Waals surface area (Å²) in [6, 6.07) is 5.49. The summed E-state index contributed by atoms with van der Waals surface area (Å²) in [5.41, 5.74) is 0.989. The van der Waals surface area contributed by atoms with Crippen LogP contribution in [0.5, 0.6) is 11.5 Å². The third-order valence-electron chi connectivity index (χ3n) is 3.17. The van der Waals surface area contributed by atoms with Crippen LogP contribution in [0.25, 0.3) is 0 Å². The fourth-order valence-corrected chi connectivity index (χ4v) is 2.03. The Hall–Kier alpha value is -1.36. The molecule has 1 aromatic rings. The van der Waals surface area contributed by atoms with Gasteiger partial charge in [-0.15, -0.1) is 0 Å². The molecular weight excluding hydrogens is 276 g/mol. The predicted octanol–water partition coefficient (Wildman–Crippen LogP) is 4.36. The summed E-state index contributed by atoms with van der Waals surface area (Å²) in [6.07, 6.45) is 3.50. The molecule has 0 saturated heterocycles. The van der Waals surface area contributed by atoms with Gasteiger partial charge in [-0.2, -0.15) is 8.78 Å². The Kier molecular flexibility index (Phi) is 8.05. The topological polar surface area (TPSA) is 30.5 Å². The number of unbranched alkanes of at least 4 members (excludes halogenated alkanes) is 1. The van der Waals surface area contributed by atoms with Crippen molar-refractivity contribution in [3.8, 4) is 11.5 Å². The normalized spacial score (nSPS) is 12.5. The van der Waals surface area contributed by atoms with Gasteiger partial charge in [-0.3, -0.25) is 0 Å². The van der Waals surface area contributed by atoms with Gasteiger partial charge >= 0.3 is 6.61 Å². The van der Waals surface area contributed by atoms with Crippen LogP contribution in [0.1, 0.15) is 45.6 Å². The Balaban J connectivity index is 2.64. The zero-order valence-corrected chi connectivity index (χ0v) is 13.0. The van der Waals surface area contributed by atoms with E-state index in [1.165, 1.54) is 18.9 Å². The van der Waals surface area contributed by atoms with Crippen molar-refractivity contribution in [2.75, 3.05) is 6.61 Å². The van der Waals surface area contributed by atoms with Gasteiger partial charge in [-0.05, 0) is 38.0 Å². The number of halogens is 2. The monoisotopic (exact) mass is 301 g/mol. The van der Waals surface area contributed by atoms with Gasteiger partial charge in [-0.1, -0.05) is 25.8 Å². The van der Waals surface area contributed by atoms with Gasteiger partial charge < -0.3 is 14.8 Å². The van der Waals surface area contributed by atoms with Crippen molar-refractivity contribution in [2.24, 2.45) is 0 Å². The van der Waals surface area contributed by atoms with E-state index in [1.807, 2.05) is 6.92 Å². The van der Waals surface area contributed by atoms with E-state index in [0.29, 0.717) is 24.9 Å². The molecule has 0 aliphatic heterocycles. The van der Waals surface area contributed by atoms with Gasteiger partial charge in [0, 0.05) is 12.6 Å². The highest BCUT2D eigenvalue weighted by atomic mass is 19.3. The molecule has 0 bridgehead atoms. The van der Waals surface area contributed by atoms with Gasteiger partial charge in [0.15, 0.2) is 11.5 Å². The molecule has 0 saturated carbocycles. The minimum atomic E-state index is -2.85. The summed E-state index contributed by atoms with van der Waals surface area (Å²) >= 11 is 0. The van der Waals surface area contributed by atoms with Crippen LogP contribution in [0.2, 0.25) is 0 Å². The van der Waals surface area contributed by atoms with Crippen molar-refractivity contribution < 1.29 is 18.3 Å². The van der Waals surface area contributed by atoms with Crippen LogP contribution in [-0.4, -0.2) is 19.3 Å². The second-order valence-electron chi connectivity index (χ2n) is 5.02.